The molecule has 0 aliphatic heterocycles. The van der Waals surface area contributed by atoms with Crippen LogP contribution < -0.4 is 10.5 Å². The number of nitrogens with zero attached hydrogens (tertiary/aromatic N) is 1. The molecule has 3 nitrogen and oxygen atoms in total. The smallest absolute Gasteiger partial charge is 0.267 e. The van der Waals surface area contributed by atoms with Gasteiger partial charge in [0.25, 0.3) is 6.43 Å². The lowest BCUT2D eigenvalue weighted by atomic mass is 10.2. The van der Waals surface area contributed by atoms with E-state index in [0.717, 1.165) is 6.20 Å². The zero-order chi connectivity index (χ0) is 10.0. The molecule has 0 amide bonds. The zero-order valence-corrected chi connectivity index (χ0v) is 7.48. The average molecular weight is 209 g/mol. The second-order valence-electron chi connectivity index (χ2n) is 2.25. The molecular weight excluding hydrogens is 202 g/mol. The molecule has 0 saturated carbocycles. The van der Waals surface area contributed by atoms with Crippen molar-refractivity contribution in [2.75, 3.05) is 12.8 Å². The molecule has 72 valence electrons. The number of pyridine rings is 1. The fraction of sp³-hybridized carbons (Fsp3) is 0.286. The number of anilines is 1. The number of aromatic nitrogens is 1. The van der Waals surface area contributed by atoms with Gasteiger partial charge in [-0.3, -0.25) is 0 Å². The second-order valence-corrected chi connectivity index (χ2v) is 2.63. The summed E-state index contributed by atoms with van der Waals surface area (Å²) >= 11 is 5.56. The number of nitrogens with two attached hydrogens (primary N) is 1. The third kappa shape index (κ3) is 1.80. The summed E-state index contributed by atoms with van der Waals surface area (Å²) in [5.41, 5.74) is 4.69. The van der Waals surface area contributed by atoms with Gasteiger partial charge in [-0.25, -0.2) is 13.8 Å². The third-order valence-electron chi connectivity index (χ3n) is 1.47. The Morgan fingerprint density at radius 3 is 2.69 bits per heavy atom. The molecule has 0 unspecified atom stereocenters. The highest BCUT2D eigenvalue weighted by Crippen LogP contribution is 2.36. The van der Waals surface area contributed by atoms with Gasteiger partial charge in [-0.2, -0.15) is 0 Å². The van der Waals surface area contributed by atoms with Gasteiger partial charge in [-0.1, -0.05) is 11.6 Å². The highest BCUT2D eigenvalue weighted by atomic mass is 35.5. The van der Waals surface area contributed by atoms with Crippen LogP contribution in [-0.4, -0.2) is 12.1 Å². The van der Waals surface area contributed by atoms with Gasteiger partial charge in [0.05, 0.1) is 24.6 Å². The average Bonchev–Trinajstić information content (AvgIpc) is 2.04. The zero-order valence-electron chi connectivity index (χ0n) is 6.72. The molecule has 0 aliphatic rings. The molecule has 0 saturated heterocycles. The Labute approximate surface area is 78.5 Å². The number of hydrogen-bond donors (Lipinski definition) is 1. The maximum absolute atomic E-state index is 12.4. The fourth-order valence-corrected chi connectivity index (χ4v) is 1.18. The van der Waals surface area contributed by atoms with Crippen LogP contribution in [0.15, 0.2) is 6.20 Å². The Morgan fingerprint density at radius 1 is 1.62 bits per heavy atom. The minimum Gasteiger partial charge on any atom is -0.480 e. The van der Waals surface area contributed by atoms with Crippen LogP contribution >= 0.6 is 11.6 Å². The molecule has 0 aromatic carbocycles. The highest BCUT2D eigenvalue weighted by Gasteiger charge is 2.19. The molecule has 0 bridgehead atoms. The summed E-state index contributed by atoms with van der Waals surface area (Å²) in [4.78, 5) is 3.63. The minimum absolute atomic E-state index is 0.0498. The van der Waals surface area contributed by atoms with Crippen LogP contribution in [-0.2, 0) is 0 Å². The van der Waals surface area contributed by atoms with Crippen LogP contribution in [0.25, 0.3) is 0 Å². The normalized spacial score (nSPS) is 10.5. The molecule has 1 aromatic rings. The molecule has 6 heteroatoms. The molecule has 2 N–H and O–H groups in total. The topological polar surface area (TPSA) is 48.1 Å². The van der Waals surface area contributed by atoms with Crippen LogP contribution in [0.5, 0.6) is 5.88 Å². The van der Waals surface area contributed by atoms with E-state index >= 15 is 0 Å². The number of rotatable bonds is 2. The fourth-order valence-electron chi connectivity index (χ4n) is 0.860. The standard InChI is InChI=1S/C7H7ClF2N2O/c1-13-7-5(8)4(6(9)10)3(11)2-12-7/h2,6H,11H2,1H3. The van der Waals surface area contributed by atoms with Crippen LogP contribution in [0, 0.1) is 0 Å². The van der Waals surface area contributed by atoms with Crippen LogP contribution in [0.2, 0.25) is 5.02 Å². The lowest BCUT2D eigenvalue weighted by Crippen LogP contribution is -2.00. The molecular formula is C7H7ClF2N2O. The Hall–Kier alpha value is -1.10. The monoisotopic (exact) mass is 208 g/mol. The van der Waals surface area contributed by atoms with Gasteiger partial charge in [-0.15, -0.1) is 0 Å². The summed E-state index contributed by atoms with van der Waals surface area (Å²) in [5.74, 6) is -0.0498. The molecule has 13 heavy (non-hydrogen) atoms. The van der Waals surface area contributed by atoms with Crippen LogP contribution in [0.4, 0.5) is 14.5 Å². The van der Waals surface area contributed by atoms with Gasteiger partial charge in [-0.05, 0) is 0 Å². The van der Waals surface area contributed by atoms with Crippen LogP contribution in [0.3, 0.4) is 0 Å². The van der Waals surface area contributed by atoms with Crippen molar-refractivity contribution in [3.8, 4) is 5.88 Å². The van der Waals surface area contributed by atoms with Crippen molar-refractivity contribution in [3.63, 3.8) is 0 Å². The second kappa shape index (κ2) is 3.74. The SMILES string of the molecule is COc1ncc(N)c(C(F)F)c1Cl. The summed E-state index contributed by atoms with van der Waals surface area (Å²) in [6.45, 7) is 0. The third-order valence-corrected chi connectivity index (χ3v) is 1.83. The first-order chi connectivity index (χ1) is 6.07. The van der Waals surface area contributed by atoms with Gasteiger partial charge in [0, 0.05) is 0 Å². The molecule has 0 radical (unpaired) electrons. The molecule has 0 spiro atoms. The highest BCUT2D eigenvalue weighted by molar-refractivity contribution is 6.33. The van der Waals surface area contributed by atoms with E-state index in [9.17, 15) is 8.78 Å². The molecule has 1 heterocycles. The summed E-state index contributed by atoms with van der Waals surface area (Å²) in [5, 5.41) is -0.238. The van der Waals surface area contributed by atoms with Gasteiger partial charge in [0.2, 0.25) is 5.88 Å². The van der Waals surface area contributed by atoms with Crippen molar-refractivity contribution in [3.05, 3.63) is 16.8 Å². The van der Waals surface area contributed by atoms with Gasteiger partial charge in [0.1, 0.15) is 5.02 Å². The molecule has 1 aromatic heterocycles. The van der Waals surface area contributed by atoms with Gasteiger partial charge in [0.15, 0.2) is 0 Å². The summed E-state index contributed by atoms with van der Waals surface area (Å²) < 4.78 is 29.4. The van der Waals surface area contributed by atoms with E-state index in [0.29, 0.717) is 0 Å². The first-order valence-corrected chi connectivity index (χ1v) is 3.71. The van der Waals surface area contributed by atoms with Crippen molar-refractivity contribution < 1.29 is 13.5 Å². The first-order valence-electron chi connectivity index (χ1n) is 3.34. The number of halogens is 3. The summed E-state index contributed by atoms with van der Waals surface area (Å²) in [6.07, 6.45) is -1.64. The van der Waals surface area contributed by atoms with E-state index in [1.165, 1.54) is 7.11 Å². The number of alkyl halides is 2. The maximum Gasteiger partial charge on any atom is 0.267 e. The number of ether oxygens (including phenoxy) is 1. The summed E-state index contributed by atoms with van der Waals surface area (Å²) in [6, 6.07) is 0. The van der Waals surface area contributed by atoms with E-state index in [1.54, 1.807) is 0 Å². The Morgan fingerprint density at radius 2 is 2.23 bits per heavy atom. The predicted molar refractivity (Wildman–Crippen MR) is 45.2 cm³/mol. The van der Waals surface area contributed by atoms with E-state index in [2.05, 4.69) is 9.72 Å². The lowest BCUT2D eigenvalue weighted by Gasteiger charge is -2.09. The number of nitrogen functional groups attached to an aromatic ring is 1. The Bertz CT molecular complexity index is 320. The number of hydrogen-bond acceptors (Lipinski definition) is 3. The molecule has 0 aliphatic carbocycles. The largest absolute Gasteiger partial charge is 0.480 e. The predicted octanol–water partition coefficient (Wildman–Crippen LogP) is 2.26. The summed E-state index contributed by atoms with van der Waals surface area (Å²) in [7, 11) is 1.29. The van der Waals surface area contributed by atoms with Crippen molar-refractivity contribution >= 4 is 17.3 Å². The molecule has 0 fully saturated rings. The molecule has 0 atom stereocenters. The Balaban J connectivity index is 3.30. The maximum atomic E-state index is 12.4. The van der Waals surface area contributed by atoms with E-state index in [-0.39, 0.29) is 16.6 Å². The van der Waals surface area contributed by atoms with E-state index in [1.807, 2.05) is 0 Å². The molecule has 1 rings (SSSR count). The van der Waals surface area contributed by atoms with E-state index in [4.69, 9.17) is 17.3 Å². The van der Waals surface area contributed by atoms with Gasteiger partial charge >= 0.3 is 0 Å². The van der Waals surface area contributed by atoms with E-state index < -0.39 is 12.0 Å². The van der Waals surface area contributed by atoms with Gasteiger partial charge < -0.3 is 10.5 Å². The van der Waals surface area contributed by atoms with Crippen molar-refractivity contribution in [2.45, 2.75) is 6.43 Å². The quantitative estimate of drug-likeness (QED) is 0.811. The van der Waals surface area contributed by atoms with Crippen molar-refractivity contribution in [1.82, 2.24) is 4.98 Å². The Kier molecular flexibility index (Phi) is 2.87. The van der Waals surface area contributed by atoms with Crippen molar-refractivity contribution in [1.29, 1.82) is 0 Å². The van der Waals surface area contributed by atoms with Crippen molar-refractivity contribution in [2.24, 2.45) is 0 Å². The first kappa shape index (κ1) is 9.98. The van der Waals surface area contributed by atoms with Crippen LogP contribution in [0.1, 0.15) is 12.0 Å². The lowest BCUT2D eigenvalue weighted by molar-refractivity contribution is 0.152. The minimum atomic E-state index is -2.73. The number of methoxy groups -OCH3 is 1.